The number of amides is 3. The summed E-state index contributed by atoms with van der Waals surface area (Å²) in [4.78, 5) is 70.3. The molecule has 4 heterocycles. The van der Waals surface area contributed by atoms with E-state index in [2.05, 4.69) is 10.6 Å². The average Bonchev–Trinajstić information content (AvgIpc) is 3.56. The molecule has 15 heteroatoms. The van der Waals surface area contributed by atoms with Gasteiger partial charge in [-0.2, -0.15) is 0 Å². The van der Waals surface area contributed by atoms with Gasteiger partial charge in [-0.25, -0.2) is 9.59 Å². The molecule has 1 saturated heterocycles. The maximum Gasteiger partial charge on any atom is 0.407 e. The fraction of sp³-hybridized carbons (Fsp3) is 0.244. The number of carbonyl (C=O) groups is 4. The van der Waals surface area contributed by atoms with Gasteiger partial charge in [0.15, 0.2) is 11.5 Å². The van der Waals surface area contributed by atoms with Crippen LogP contribution >= 0.6 is 57.8 Å². The molecule has 2 N–H and O–H groups in total. The molecule has 1 unspecified atom stereocenters. The SMILES string of the molecule is CC(C)(C)OC(=O)NCc1c(SC2=C(C(=O)OC(c3ccccc3)c3ccccc3)N3C(=O)C(NC(=O)Cc4ccccc4)[C@@H]3SC2)sc2sc(Cl)cc2c1=O. The molecule has 0 bridgehead atoms. The number of nitrogens with one attached hydrogen (secondary N) is 2. The summed E-state index contributed by atoms with van der Waals surface area (Å²) < 4.78 is 13.4. The van der Waals surface area contributed by atoms with E-state index in [1.807, 2.05) is 91.0 Å². The quantitative estimate of drug-likeness (QED) is 0.0997. The summed E-state index contributed by atoms with van der Waals surface area (Å²) >= 11 is 11.5. The normalized spacial score (nSPS) is 16.7. The first-order valence-corrected chi connectivity index (χ1v) is 21.5. The number of esters is 1. The lowest BCUT2D eigenvalue weighted by Gasteiger charge is -2.49. The fourth-order valence-electron chi connectivity index (χ4n) is 6.21. The van der Waals surface area contributed by atoms with Crippen LogP contribution in [-0.4, -0.2) is 51.5 Å². The minimum Gasteiger partial charge on any atom is -0.448 e. The molecular formula is C41H36ClN3O7S4. The van der Waals surface area contributed by atoms with Gasteiger partial charge < -0.3 is 20.1 Å². The molecule has 288 valence electrons. The van der Waals surface area contributed by atoms with Gasteiger partial charge in [-0.3, -0.25) is 19.3 Å². The smallest absolute Gasteiger partial charge is 0.407 e. The molecule has 10 nitrogen and oxygen atoms in total. The molecule has 0 saturated carbocycles. The molecule has 3 aromatic carbocycles. The van der Waals surface area contributed by atoms with Crippen molar-refractivity contribution in [3.63, 3.8) is 0 Å². The number of fused-ring (bicyclic) bond motifs is 2. The molecule has 0 aliphatic carbocycles. The Morgan fingerprint density at radius 3 is 2.18 bits per heavy atom. The lowest BCUT2D eigenvalue weighted by Crippen LogP contribution is -2.70. The van der Waals surface area contributed by atoms with E-state index in [1.54, 1.807) is 26.8 Å². The lowest BCUT2D eigenvalue weighted by atomic mass is 10.0. The van der Waals surface area contributed by atoms with Gasteiger partial charge in [0.1, 0.15) is 22.7 Å². The Morgan fingerprint density at radius 1 is 0.929 bits per heavy atom. The Kier molecular flexibility index (Phi) is 11.9. The number of hydrogen-bond acceptors (Lipinski definition) is 11. The summed E-state index contributed by atoms with van der Waals surface area (Å²) in [5.41, 5.74) is 1.51. The van der Waals surface area contributed by atoms with Crippen LogP contribution in [0.1, 0.15) is 49.1 Å². The number of carbonyl (C=O) groups excluding carboxylic acids is 4. The molecule has 0 radical (unpaired) electrons. The van der Waals surface area contributed by atoms with Gasteiger partial charge in [0.05, 0.1) is 30.9 Å². The van der Waals surface area contributed by atoms with Crippen LogP contribution in [0.25, 0.3) is 9.40 Å². The third kappa shape index (κ3) is 8.84. The fourth-order valence-corrected chi connectivity index (χ4v) is 12.0. The lowest BCUT2D eigenvalue weighted by molar-refractivity contribution is -0.154. The molecule has 2 aliphatic rings. The first-order chi connectivity index (χ1) is 26.9. The van der Waals surface area contributed by atoms with Crippen molar-refractivity contribution in [3.05, 3.63) is 144 Å². The monoisotopic (exact) mass is 845 g/mol. The number of ether oxygens (including phenoxy) is 2. The average molecular weight is 846 g/mol. The second kappa shape index (κ2) is 16.9. The van der Waals surface area contributed by atoms with Gasteiger partial charge >= 0.3 is 12.1 Å². The Hall–Kier alpha value is -4.60. The molecule has 2 atom stereocenters. The van der Waals surface area contributed by atoms with Gasteiger partial charge in [0.25, 0.3) is 5.91 Å². The van der Waals surface area contributed by atoms with E-state index >= 15 is 0 Å². The van der Waals surface area contributed by atoms with Crippen molar-refractivity contribution in [1.82, 2.24) is 15.5 Å². The van der Waals surface area contributed by atoms with Crippen LogP contribution in [0, 0.1) is 0 Å². The zero-order valence-corrected chi connectivity index (χ0v) is 34.4. The zero-order valence-electron chi connectivity index (χ0n) is 30.4. The Bertz CT molecular complexity index is 2340. The number of nitrogens with zero attached hydrogens (tertiary/aromatic N) is 1. The number of alkyl carbamates (subject to hydrolysis) is 1. The van der Waals surface area contributed by atoms with E-state index in [0.29, 0.717) is 22.9 Å². The van der Waals surface area contributed by atoms with Crippen molar-refractivity contribution in [2.75, 3.05) is 5.75 Å². The number of thioether (sulfide) groups is 2. The predicted molar refractivity (Wildman–Crippen MR) is 223 cm³/mol. The number of β-lactam (4-membered cyclic amide) rings is 1. The zero-order chi connectivity index (χ0) is 39.6. The molecule has 0 spiro atoms. The van der Waals surface area contributed by atoms with E-state index in [0.717, 1.165) is 16.7 Å². The molecular weight excluding hydrogens is 810 g/mol. The van der Waals surface area contributed by atoms with E-state index in [1.165, 1.54) is 51.1 Å². The molecule has 3 amide bonds. The number of thiophene rings is 1. The Balaban J connectivity index is 1.26. The van der Waals surface area contributed by atoms with Gasteiger partial charge in [-0.1, -0.05) is 114 Å². The summed E-state index contributed by atoms with van der Waals surface area (Å²) in [7, 11) is 0. The van der Waals surface area contributed by atoms with Crippen molar-refractivity contribution < 1.29 is 28.7 Å². The number of hydrogen-bond donors (Lipinski definition) is 2. The van der Waals surface area contributed by atoms with Crippen molar-refractivity contribution in [1.29, 1.82) is 0 Å². The Morgan fingerprint density at radius 2 is 1.55 bits per heavy atom. The number of halogens is 1. The summed E-state index contributed by atoms with van der Waals surface area (Å²) in [5, 5.41) is 5.42. The standard InChI is InChI=1S/C41H36ClN3O7S4/c1-41(2,3)52-40(50)43-21-27-33(47)26-20-29(42)55-38(26)56-39(27)54-28-22-53-36-31(44-30(46)19-23-13-7-4-8-14-23)35(48)45(36)32(28)37(49)51-34(24-15-9-5-10-16-24)25-17-11-6-12-18-25/h4-18,20,31,34,36H,19,21-22H2,1-3H3,(H,43,50)(H,44,46)/t31?,36-/m0/s1. The van der Waals surface area contributed by atoms with E-state index in [9.17, 15) is 24.0 Å². The van der Waals surface area contributed by atoms with E-state index < -0.39 is 41.1 Å². The minimum absolute atomic E-state index is 0.0316. The maximum absolute atomic E-state index is 14.6. The third-order valence-electron chi connectivity index (χ3n) is 8.72. The van der Waals surface area contributed by atoms with Crippen LogP contribution in [0.4, 0.5) is 4.79 Å². The van der Waals surface area contributed by atoms with Crippen LogP contribution in [0.15, 0.2) is 117 Å². The van der Waals surface area contributed by atoms with Crippen LogP contribution in [0.3, 0.4) is 0 Å². The van der Waals surface area contributed by atoms with Crippen molar-refractivity contribution in [2.24, 2.45) is 0 Å². The molecule has 5 aromatic rings. The van der Waals surface area contributed by atoms with Gasteiger partial charge in [0, 0.05) is 16.2 Å². The van der Waals surface area contributed by atoms with E-state index in [4.69, 9.17) is 21.1 Å². The van der Waals surface area contributed by atoms with Crippen molar-refractivity contribution in [3.8, 4) is 0 Å². The van der Waals surface area contributed by atoms with E-state index in [-0.39, 0.29) is 41.3 Å². The van der Waals surface area contributed by atoms with Gasteiger partial charge in [-0.15, -0.1) is 34.4 Å². The highest BCUT2D eigenvalue weighted by molar-refractivity contribution is 8.07. The molecule has 2 aliphatic heterocycles. The van der Waals surface area contributed by atoms with Crippen molar-refractivity contribution in [2.45, 2.75) is 61.1 Å². The second-order valence-electron chi connectivity index (χ2n) is 13.9. The van der Waals surface area contributed by atoms with Crippen LogP contribution in [0.5, 0.6) is 0 Å². The first kappa shape index (κ1) is 39.6. The summed E-state index contributed by atoms with van der Waals surface area (Å²) in [6, 6.07) is 28.6. The second-order valence-corrected chi connectivity index (χ2v) is 19.3. The van der Waals surface area contributed by atoms with Gasteiger partial charge in [-0.05, 0) is 43.5 Å². The van der Waals surface area contributed by atoms with Crippen LogP contribution in [0.2, 0.25) is 4.34 Å². The highest BCUT2D eigenvalue weighted by Gasteiger charge is 2.55. The van der Waals surface area contributed by atoms with Crippen molar-refractivity contribution >= 4 is 91.1 Å². The first-order valence-electron chi connectivity index (χ1n) is 17.6. The molecule has 1 fully saturated rings. The third-order valence-corrected chi connectivity index (χ3v) is 14.1. The Labute approximate surface area is 344 Å². The number of rotatable bonds is 11. The topological polar surface area (TPSA) is 131 Å². The molecule has 56 heavy (non-hydrogen) atoms. The van der Waals surface area contributed by atoms with Crippen LogP contribution in [-0.2, 0) is 36.8 Å². The maximum atomic E-state index is 14.6. The summed E-state index contributed by atoms with van der Waals surface area (Å²) in [5.74, 6) is -1.24. The summed E-state index contributed by atoms with van der Waals surface area (Å²) in [6.45, 7) is 5.07. The highest BCUT2D eigenvalue weighted by Crippen LogP contribution is 2.48. The van der Waals surface area contributed by atoms with Gasteiger partial charge in [0.2, 0.25) is 5.91 Å². The largest absolute Gasteiger partial charge is 0.448 e. The summed E-state index contributed by atoms with van der Waals surface area (Å²) in [6.07, 6.45) is -1.40. The number of benzene rings is 3. The predicted octanol–water partition coefficient (Wildman–Crippen LogP) is 8.28. The minimum atomic E-state index is -0.862. The highest BCUT2D eigenvalue weighted by atomic mass is 35.5. The molecule has 7 rings (SSSR count). The van der Waals surface area contributed by atoms with Crippen LogP contribution < -0.4 is 16.1 Å². The molecule has 2 aromatic heterocycles.